The minimum absolute atomic E-state index is 0.0101. The highest BCUT2D eigenvalue weighted by atomic mass is 19.1. The first-order valence-corrected chi connectivity index (χ1v) is 8.41. The van der Waals surface area contributed by atoms with Gasteiger partial charge < -0.3 is 20.5 Å². The number of nitrogens with one attached hydrogen (secondary N) is 1. The third kappa shape index (κ3) is 5.19. The van der Waals surface area contributed by atoms with Gasteiger partial charge in [-0.25, -0.2) is 9.37 Å². The highest BCUT2D eigenvalue weighted by Crippen LogP contribution is 2.25. The number of nitrogens with two attached hydrogens (primary N) is 1. The summed E-state index contributed by atoms with van der Waals surface area (Å²) >= 11 is 0. The molecule has 142 valence electrons. The molecule has 0 saturated carbocycles. The number of aromatic nitrogens is 1. The Morgan fingerprint density at radius 1 is 1.37 bits per heavy atom. The molecule has 1 aromatic carbocycles. The Morgan fingerprint density at radius 2 is 2.15 bits per heavy atom. The van der Waals surface area contributed by atoms with E-state index in [2.05, 4.69) is 22.1 Å². The molecule has 27 heavy (non-hydrogen) atoms. The van der Waals surface area contributed by atoms with Gasteiger partial charge in [0.05, 0.1) is 23.6 Å². The number of rotatable bonds is 6. The lowest BCUT2D eigenvalue weighted by Gasteiger charge is -2.12. The summed E-state index contributed by atoms with van der Waals surface area (Å²) < 4.78 is 24.9. The van der Waals surface area contributed by atoms with Crippen LogP contribution in [0.25, 0.3) is 0 Å². The van der Waals surface area contributed by atoms with Crippen LogP contribution in [-0.2, 0) is 11.3 Å². The largest absolute Gasteiger partial charge is 0.478 e. The van der Waals surface area contributed by atoms with Crippen LogP contribution in [0.4, 0.5) is 15.9 Å². The fourth-order valence-electron chi connectivity index (χ4n) is 2.33. The summed E-state index contributed by atoms with van der Waals surface area (Å²) in [6, 6.07) is 6.09. The molecule has 2 rings (SSSR count). The van der Waals surface area contributed by atoms with Gasteiger partial charge in [-0.2, -0.15) is 0 Å². The average molecular weight is 371 g/mol. The molecule has 0 unspecified atom stereocenters. The van der Waals surface area contributed by atoms with Crippen LogP contribution in [0.2, 0.25) is 0 Å². The Labute approximate surface area is 157 Å². The van der Waals surface area contributed by atoms with Crippen molar-refractivity contribution < 1.29 is 18.7 Å². The number of nitrogens with zero attached hydrogens (tertiary/aromatic N) is 1. The fraction of sp³-hybridized carbons (Fsp3) is 0.300. The molecule has 0 atom stereocenters. The van der Waals surface area contributed by atoms with Gasteiger partial charge in [-0.15, -0.1) is 5.92 Å². The molecule has 0 aliphatic rings. The second-order valence-corrected chi connectivity index (χ2v) is 5.69. The zero-order chi connectivity index (χ0) is 19.8. The molecule has 2 aromatic rings. The molecular weight excluding hydrogens is 349 g/mol. The van der Waals surface area contributed by atoms with E-state index in [4.69, 9.17) is 15.2 Å². The van der Waals surface area contributed by atoms with Crippen molar-refractivity contribution in [3.05, 3.63) is 46.9 Å². The summed E-state index contributed by atoms with van der Waals surface area (Å²) in [5.74, 6) is 4.42. The third-order valence-electron chi connectivity index (χ3n) is 3.69. The maximum atomic E-state index is 14.6. The minimum atomic E-state index is -0.677. The molecule has 0 aliphatic carbocycles. The maximum Gasteiger partial charge on any atom is 0.259 e. The van der Waals surface area contributed by atoms with E-state index in [9.17, 15) is 9.18 Å². The van der Waals surface area contributed by atoms with Gasteiger partial charge in [-0.05, 0) is 30.7 Å². The molecule has 0 spiro atoms. The van der Waals surface area contributed by atoms with Gasteiger partial charge in [0, 0.05) is 13.5 Å². The lowest BCUT2D eigenvalue weighted by atomic mass is 10.1. The SMILES string of the molecule is CCC#CCOc1cccc(NC(=O)c2cc(C)c(COC)nc2N)c1F. The summed E-state index contributed by atoms with van der Waals surface area (Å²) in [6.07, 6.45) is 0.694. The topological polar surface area (TPSA) is 86.5 Å². The van der Waals surface area contributed by atoms with Crippen LogP contribution in [0, 0.1) is 24.6 Å². The van der Waals surface area contributed by atoms with E-state index in [1.165, 1.54) is 12.1 Å². The monoisotopic (exact) mass is 371 g/mol. The number of ether oxygens (including phenoxy) is 2. The van der Waals surface area contributed by atoms with Gasteiger partial charge in [0.1, 0.15) is 12.4 Å². The average Bonchev–Trinajstić information content (AvgIpc) is 2.64. The third-order valence-corrected chi connectivity index (χ3v) is 3.69. The quantitative estimate of drug-likeness (QED) is 0.761. The first kappa shape index (κ1) is 20.2. The van der Waals surface area contributed by atoms with Gasteiger partial charge in [0.15, 0.2) is 11.6 Å². The van der Waals surface area contributed by atoms with Crippen LogP contribution < -0.4 is 15.8 Å². The summed E-state index contributed by atoms with van der Waals surface area (Å²) in [6.45, 7) is 4.06. The zero-order valence-corrected chi connectivity index (χ0v) is 15.6. The molecule has 0 fully saturated rings. The molecule has 0 radical (unpaired) electrons. The molecule has 7 heteroatoms. The fourth-order valence-corrected chi connectivity index (χ4v) is 2.33. The number of carbonyl (C=O) groups is 1. The maximum absolute atomic E-state index is 14.6. The standard InChI is InChI=1S/C20H22FN3O3/c1-4-5-6-10-27-17-9-7-8-15(18(17)21)24-20(25)14-11-13(2)16(12-26-3)23-19(14)22/h7-9,11H,4,10,12H2,1-3H3,(H2,22,23)(H,24,25). The van der Waals surface area contributed by atoms with Crippen molar-refractivity contribution >= 4 is 17.4 Å². The number of carbonyl (C=O) groups excluding carboxylic acids is 1. The zero-order valence-electron chi connectivity index (χ0n) is 15.6. The van der Waals surface area contributed by atoms with Crippen molar-refractivity contribution in [3.63, 3.8) is 0 Å². The molecule has 0 aliphatic heterocycles. The van der Waals surface area contributed by atoms with Crippen molar-refractivity contribution in [2.75, 3.05) is 24.8 Å². The smallest absolute Gasteiger partial charge is 0.259 e. The Morgan fingerprint density at radius 3 is 2.85 bits per heavy atom. The van der Waals surface area contributed by atoms with Crippen molar-refractivity contribution in [2.24, 2.45) is 0 Å². The summed E-state index contributed by atoms with van der Waals surface area (Å²) in [5.41, 5.74) is 7.41. The van der Waals surface area contributed by atoms with E-state index in [-0.39, 0.29) is 36.0 Å². The van der Waals surface area contributed by atoms with Gasteiger partial charge >= 0.3 is 0 Å². The number of hydrogen-bond acceptors (Lipinski definition) is 5. The van der Waals surface area contributed by atoms with Crippen LogP contribution in [-0.4, -0.2) is 24.6 Å². The molecule has 1 amide bonds. The molecule has 1 aromatic heterocycles. The first-order valence-electron chi connectivity index (χ1n) is 8.41. The van der Waals surface area contributed by atoms with Gasteiger partial charge in [0.2, 0.25) is 0 Å². The van der Waals surface area contributed by atoms with Crippen LogP contribution in [0.5, 0.6) is 5.75 Å². The molecule has 3 N–H and O–H groups in total. The van der Waals surface area contributed by atoms with E-state index < -0.39 is 11.7 Å². The number of methoxy groups -OCH3 is 1. The number of benzene rings is 1. The number of pyridine rings is 1. The van der Waals surface area contributed by atoms with Crippen molar-refractivity contribution in [1.29, 1.82) is 0 Å². The second-order valence-electron chi connectivity index (χ2n) is 5.69. The number of aryl methyl sites for hydroxylation is 1. The normalized spacial score (nSPS) is 10.1. The second kappa shape index (κ2) is 9.55. The van der Waals surface area contributed by atoms with Gasteiger partial charge in [0.25, 0.3) is 5.91 Å². The Kier molecular flexibility index (Phi) is 7.15. The van der Waals surface area contributed by atoms with E-state index in [1.807, 2.05) is 6.92 Å². The number of nitrogen functional groups attached to an aromatic ring is 1. The van der Waals surface area contributed by atoms with Crippen molar-refractivity contribution in [2.45, 2.75) is 26.9 Å². The van der Waals surface area contributed by atoms with Crippen LogP contribution in [0.15, 0.2) is 24.3 Å². The highest BCUT2D eigenvalue weighted by Gasteiger charge is 2.17. The van der Waals surface area contributed by atoms with Crippen LogP contribution in [0.3, 0.4) is 0 Å². The molecule has 0 bridgehead atoms. The molecule has 0 saturated heterocycles. The summed E-state index contributed by atoms with van der Waals surface area (Å²) in [4.78, 5) is 16.7. The summed E-state index contributed by atoms with van der Waals surface area (Å²) in [7, 11) is 1.55. The predicted molar refractivity (Wildman–Crippen MR) is 102 cm³/mol. The number of hydrogen-bond donors (Lipinski definition) is 2. The van der Waals surface area contributed by atoms with E-state index in [0.717, 1.165) is 5.56 Å². The van der Waals surface area contributed by atoms with E-state index in [0.29, 0.717) is 12.1 Å². The summed E-state index contributed by atoms with van der Waals surface area (Å²) in [5, 5.41) is 2.51. The first-order chi connectivity index (χ1) is 13.0. The lowest BCUT2D eigenvalue weighted by Crippen LogP contribution is -2.17. The lowest BCUT2D eigenvalue weighted by molar-refractivity contribution is 0.102. The minimum Gasteiger partial charge on any atom is -0.478 e. The van der Waals surface area contributed by atoms with E-state index in [1.54, 1.807) is 26.2 Å². The van der Waals surface area contributed by atoms with Gasteiger partial charge in [-0.1, -0.05) is 18.9 Å². The number of amides is 1. The molecule has 6 nitrogen and oxygen atoms in total. The highest BCUT2D eigenvalue weighted by molar-refractivity contribution is 6.07. The number of halogens is 1. The molecule has 1 heterocycles. The Hall–Kier alpha value is -3.11. The number of anilines is 2. The Balaban J connectivity index is 2.19. The van der Waals surface area contributed by atoms with Crippen molar-refractivity contribution in [3.8, 4) is 17.6 Å². The van der Waals surface area contributed by atoms with Crippen LogP contribution in [0.1, 0.15) is 35.0 Å². The Bertz CT molecular complexity index is 888. The molecular formula is C20H22FN3O3. The van der Waals surface area contributed by atoms with Gasteiger partial charge in [-0.3, -0.25) is 4.79 Å². The van der Waals surface area contributed by atoms with Crippen molar-refractivity contribution in [1.82, 2.24) is 4.98 Å². The van der Waals surface area contributed by atoms with E-state index >= 15 is 0 Å². The predicted octanol–water partition coefficient (Wildman–Crippen LogP) is 3.30. The van der Waals surface area contributed by atoms with Crippen LogP contribution >= 0.6 is 0 Å².